The molecule has 1 aliphatic rings. The van der Waals surface area contributed by atoms with Gasteiger partial charge < -0.3 is 10.6 Å². The van der Waals surface area contributed by atoms with Crippen LogP contribution in [0.3, 0.4) is 0 Å². The lowest BCUT2D eigenvalue weighted by atomic mass is 9.84. The first-order valence-corrected chi connectivity index (χ1v) is 8.77. The molecule has 0 aliphatic carbocycles. The van der Waals surface area contributed by atoms with Gasteiger partial charge in [-0.3, -0.25) is 9.36 Å². The zero-order valence-corrected chi connectivity index (χ0v) is 15.0. The Bertz CT molecular complexity index is 781. The van der Waals surface area contributed by atoms with Gasteiger partial charge in [-0.15, -0.1) is 0 Å². The van der Waals surface area contributed by atoms with Crippen molar-refractivity contribution in [2.45, 2.75) is 44.7 Å². The summed E-state index contributed by atoms with van der Waals surface area (Å²) in [5, 5.41) is 6.55. The molecule has 2 amide bonds. The lowest BCUT2D eigenvalue weighted by Crippen LogP contribution is -2.57. The lowest BCUT2D eigenvalue weighted by Gasteiger charge is -2.36. The van der Waals surface area contributed by atoms with Crippen molar-refractivity contribution in [2.75, 3.05) is 0 Å². The van der Waals surface area contributed by atoms with Gasteiger partial charge in [0.25, 0.3) is 0 Å². The number of rotatable bonds is 5. The maximum Gasteiger partial charge on any atom is 0.327 e. The summed E-state index contributed by atoms with van der Waals surface area (Å²) >= 11 is 5.99. The zero-order valence-electron chi connectivity index (χ0n) is 14.3. The molecule has 1 unspecified atom stereocenters. The van der Waals surface area contributed by atoms with Crippen LogP contribution in [0.1, 0.15) is 37.9 Å². The molecule has 1 aliphatic heterocycles. The summed E-state index contributed by atoms with van der Waals surface area (Å²) in [7, 11) is 0. The van der Waals surface area contributed by atoms with Gasteiger partial charge in [0.2, 0.25) is 5.91 Å². The minimum absolute atomic E-state index is 0.195. The topological polar surface area (TPSA) is 76.0 Å². The molecular formula is C18H21ClN4O2. The summed E-state index contributed by atoms with van der Waals surface area (Å²) in [6.45, 7) is 4.07. The van der Waals surface area contributed by atoms with Crippen LogP contribution in [0.2, 0.25) is 5.02 Å². The number of nitrogens with one attached hydrogen (secondary N) is 2. The van der Waals surface area contributed by atoms with E-state index in [2.05, 4.69) is 15.6 Å². The second-order valence-corrected chi connectivity index (χ2v) is 6.68. The van der Waals surface area contributed by atoms with Crippen molar-refractivity contribution in [2.24, 2.45) is 0 Å². The van der Waals surface area contributed by atoms with Gasteiger partial charge in [-0.2, -0.15) is 0 Å². The largest absolute Gasteiger partial charge is 0.345 e. The molecule has 2 aromatic rings. The molecule has 1 atom stereocenters. The summed E-state index contributed by atoms with van der Waals surface area (Å²) in [6.07, 6.45) is 4.95. The van der Waals surface area contributed by atoms with Crippen LogP contribution in [-0.2, 0) is 16.8 Å². The van der Waals surface area contributed by atoms with Crippen molar-refractivity contribution >= 4 is 23.5 Å². The minimum atomic E-state index is -0.610. The van der Waals surface area contributed by atoms with Crippen LogP contribution < -0.4 is 10.6 Å². The van der Waals surface area contributed by atoms with Crippen molar-refractivity contribution in [3.8, 4) is 0 Å². The van der Waals surface area contributed by atoms with Crippen LogP contribution in [0.25, 0.3) is 0 Å². The van der Waals surface area contributed by atoms with Gasteiger partial charge in [0.05, 0.1) is 5.54 Å². The Morgan fingerprint density at radius 2 is 2.04 bits per heavy atom. The van der Waals surface area contributed by atoms with Crippen molar-refractivity contribution < 1.29 is 9.59 Å². The summed E-state index contributed by atoms with van der Waals surface area (Å²) < 4.78 is 1.43. The van der Waals surface area contributed by atoms with Gasteiger partial charge in [0.15, 0.2) is 0 Å². The number of benzene rings is 1. The predicted molar refractivity (Wildman–Crippen MR) is 95.5 cm³/mol. The number of carbonyl (C=O) groups excluding carboxylic acids is 2. The van der Waals surface area contributed by atoms with E-state index in [1.165, 1.54) is 10.9 Å². The first-order chi connectivity index (χ1) is 12.0. The molecule has 0 saturated carbocycles. The number of fused-ring (bicyclic) bond motifs is 1. The van der Waals surface area contributed by atoms with E-state index >= 15 is 0 Å². The van der Waals surface area contributed by atoms with Gasteiger partial charge in [0.1, 0.15) is 12.4 Å². The van der Waals surface area contributed by atoms with E-state index in [1.54, 1.807) is 6.20 Å². The molecule has 0 radical (unpaired) electrons. The Morgan fingerprint density at radius 3 is 2.68 bits per heavy atom. The fourth-order valence-corrected chi connectivity index (χ4v) is 3.42. The SMILES string of the molecule is CCC(CC)(NC(=O)C1Cc2cncn2C(=O)N1)c1ccc(Cl)cc1. The number of nitrogens with zero attached hydrogens (tertiary/aromatic N) is 2. The van der Waals surface area contributed by atoms with E-state index < -0.39 is 11.6 Å². The lowest BCUT2D eigenvalue weighted by molar-refractivity contribution is -0.125. The van der Waals surface area contributed by atoms with Gasteiger partial charge in [-0.1, -0.05) is 37.6 Å². The molecule has 2 heterocycles. The summed E-state index contributed by atoms with van der Waals surface area (Å²) in [6, 6.07) is 6.58. The number of hydrogen-bond donors (Lipinski definition) is 2. The Balaban J connectivity index is 1.82. The Labute approximate surface area is 151 Å². The third-order valence-electron chi connectivity index (χ3n) is 4.93. The molecule has 132 valence electrons. The van der Waals surface area contributed by atoms with E-state index in [1.807, 2.05) is 38.1 Å². The standard InChI is InChI=1S/C18H21ClN4O2/c1-3-18(4-2,12-5-7-13(19)8-6-12)22-16(24)15-9-14-10-20-11-23(14)17(25)21-15/h5-8,10-11,15H,3-4,9H2,1-2H3,(H,21,25)(H,22,24). The number of amides is 2. The van der Waals surface area contributed by atoms with E-state index in [-0.39, 0.29) is 11.9 Å². The van der Waals surface area contributed by atoms with Crippen molar-refractivity contribution in [1.29, 1.82) is 0 Å². The Hall–Kier alpha value is -2.34. The van der Waals surface area contributed by atoms with E-state index in [9.17, 15) is 9.59 Å². The summed E-state index contributed by atoms with van der Waals surface area (Å²) in [5.74, 6) is -0.195. The predicted octanol–water partition coefficient (Wildman–Crippen LogP) is 2.85. The average Bonchev–Trinajstić information content (AvgIpc) is 3.09. The third kappa shape index (κ3) is 3.26. The molecular weight excluding hydrogens is 340 g/mol. The second-order valence-electron chi connectivity index (χ2n) is 6.25. The summed E-state index contributed by atoms with van der Waals surface area (Å²) in [4.78, 5) is 28.9. The van der Waals surface area contributed by atoms with Crippen molar-refractivity contribution in [1.82, 2.24) is 20.2 Å². The monoisotopic (exact) mass is 360 g/mol. The highest BCUT2D eigenvalue weighted by molar-refractivity contribution is 6.30. The average molecular weight is 361 g/mol. The Morgan fingerprint density at radius 1 is 1.36 bits per heavy atom. The molecule has 7 heteroatoms. The highest BCUT2D eigenvalue weighted by Crippen LogP contribution is 2.30. The molecule has 3 rings (SSSR count). The van der Waals surface area contributed by atoms with Crippen LogP contribution in [0.15, 0.2) is 36.8 Å². The maximum atomic E-state index is 12.9. The van der Waals surface area contributed by atoms with Gasteiger partial charge in [0, 0.05) is 23.3 Å². The number of aromatic nitrogens is 2. The molecule has 2 N–H and O–H groups in total. The molecule has 0 saturated heterocycles. The van der Waals surface area contributed by atoms with E-state index in [0.717, 1.165) is 24.1 Å². The number of imidazole rings is 1. The number of carbonyl (C=O) groups is 2. The molecule has 1 aromatic carbocycles. The molecule has 25 heavy (non-hydrogen) atoms. The van der Waals surface area contributed by atoms with Gasteiger partial charge in [-0.25, -0.2) is 9.78 Å². The van der Waals surface area contributed by atoms with E-state index in [4.69, 9.17) is 11.6 Å². The highest BCUT2D eigenvalue weighted by Gasteiger charge is 2.35. The van der Waals surface area contributed by atoms with Gasteiger partial charge in [-0.05, 0) is 30.5 Å². The van der Waals surface area contributed by atoms with Crippen LogP contribution in [0.5, 0.6) is 0 Å². The molecule has 1 aromatic heterocycles. The molecule has 6 nitrogen and oxygen atoms in total. The maximum absolute atomic E-state index is 12.9. The van der Waals surface area contributed by atoms with Gasteiger partial charge >= 0.3 is 6.03 Å². The second kappa shape index (κ2) is 6.88. The normalized spacial score (nSPS) is 16.9. The van der Waals surface area contributed by atoms with Crippen LogP contribution in [-0.4, -0.2) is 27.5 Å². The minimum Gasteiger partial charge on any atom is -0.345 e. The van der Waals surface area contributed by atoms with Crippen molar-refractivity contribution in [3.05, 3.63) is 53.1 Å². The van der Waals surface area contributed by atoms with Crippen LogP contribution in [0.4, 0.5) is 4.79 Å². The summed E-state index contributed by atoms with van der Waals surface area (Å²) in [5.41, 5.74) is 1.24. The molecule has 0 fully saturated rings. The zero-order chi connectivity index (χ0) is 18.0. The van der Waals surface area contributed by atoms with Crippen LogP contribution in [0, 0.1) is 0 Å². The van der Waals surface area contributed by atoms with Crippen LogP contribution >= 0.6 is 11.6 Å². The Kier molecular flexibility index (Phi) is 4.81. The number of hydrogen-bond acceptors (Lipinski definition) is 3. The highest BCUT2D eigenvalue weighted by atomic mass is 35.5. The van der Waals surface area contributed by atoms with E-state index in [0.29, 0.717) is 11.4 Å². The molecule has 0 spiro atoms. The first kappa shape index (κ1) is 17.5. The first-order valence-electron chi connectivity index (χ1n) is 8.39. The smallest absolute Gasteiger partial charge is 0.327 e. The fourth-order valence-electron chi connectivity index (χ4n) is 3.29. The fraction of sp³-hybridized carbons (Fsp3) is 0.389. The van der Waals surface area contributed by atoms with Crippen molar-refractivity contribution in [3.63, 3.8) is 0 Å². The number of halogens is 1. The molecule has 0 bridgehead atoms. The quantitative estimate of drug-likeness (QED) is 0.860. The third-order valence-corrected chi connectivity index (χ3v) is 5.18.